The van der Waals surface area contributed by atoms with Gasteiger partial charge >= 0.3 is 5.97 Å². The van der Waals surface area contributed by atoms with Gasteiger partial charge in [0, 0.05) is 12.8 Å². The third kappa shape index (κ3) is 8.39. The first-order chi connectivity index (χ1) is 7.43. The van der Waals surface area contributed by atoms with Crippen LogP contribution in [-0.2, 0) is 14.1 Å². The van der Waals surface area contributed by atoms with Gasteiger partial charge in [0.2, 0.25) is 0 Å². The maximum atomic E-state index is 12.3. The molecule has 0 aromatic rings. The fourth-order valence-corrected chi connectivity index (χ4v) is 4.57. The van der Waals surface area contributed by atoms with Crippen molar-refractivity contribution in [2.75, 3.05) is 12.8 Å². The number of rotatable bonds is 5. The SMILES string of the molecule is CC(C)OC(=O)[C@H](C)NP(C)(=O)CC(C)(C)C. The summed E-state index contributed by atoms with van der Waals surface area (Å²) in [6, 6.07) is -0.532. The summed E-state index contributed by atoms with van der Waals surface area (Å²) >= 11 is 0. The van der Waals surface area contributed by atoms with Crippen LogP contribution in [0.2, 0.25) is 0 Å². The summed E-state index contributed by atoms with van der Waals surface area (Å²) in [5.41, 5.74) is -0.0288. The minimum absolute atomic E-state index is 0.0288. The van der Waals surface area contributed by atoms with Crippen molar-refractivity contribution in [1.29, 1.82) is 0 Å². The molecule has 0 amide bonds. The number of ether oxygens (including phenoxy) is 1. The molecule has 0 bridgehead atoms. The fourth-order valence-electron chi connectivity index (χ4n) is 1.75. The predicted molar refractivity (Wildman–Crippen MR) is 71.7 cm³/mol. The molecule has 0 aliphatic carbocycles. The lowest BCUT2D eigenvalue weighted by Crippen LogP contribution is -2.36. The summed E-state index contributed by atoms with van der Waals surface area (Å²) in [4.78, 5) is 11.6. The van der Waals surface area contributed by atoms with Crippen molar-refractivity contribution in [3.63, 3.8) is 0 Å². The molecule has 1 N–H and O–H groups in total. The van der Waals surface area contributed by atoms with Crippen LogP contribution in [0.4, 0.5) is 0 Å². The van der Waals surface area contributed by atoms with Gasteiger partial charge in [-0.25, -0.2) is 0 Å². The van der Waals surface area contributed by atoms with Gasteiger partial charge in [0.1, 0.15) is 13.3 Å². The van der Waals surface area contributed by atoms with E-state index in [0.29, 0.717) is 6.16 Å². The zero-order valence-corrected chi connectivity index (χ0v) is 12.9. The standard InChI is InChI=1S/C12H26NO3P/c1-9(2)16-11(14)10(3)13-17(7,15)8-12(4,5)6/h9-10H,8H2,1-7H3,(H,13,15)/t10-,17?/m0/s1. The first-order valence-corrected chi connectivity index (χ1v) is 8.32. The van der Waals surface area contributed by atoms with Gasteiger partial charge in [0.05, 0.1) is 6.10 Å². The van der Waals surface area contributed by atoms with Crippen LogP contribution in [0.1, 0.15) is 41.5 Å². The van der Waals surface area contributed by atoms with Crippen molar-refractivity contribution in [3.8, 4) is 0 Å². The summed E-state index contributed by atoms with van der Waals surface area (Å²) in [5.74, 6) is -0.351. The second-order valence-corrected chi connectivity index (χ2v) is 8.93. The van der Waals surface area contributed by atoms with Gasteiger partial charge in [0.15, 0.2) is 0 Å². The molecule has 0 aliphatic rings. The summed E-state index contributed by atoms with van der Waals surface area (Å²) in [6.45, 7) is 13.0. The molecule has 1 unspecified atom stereocenters. The number of hydrogen-bond donors (Lipinski definition) is 1. The number of esters is 1. The van der Waals surface area contributed by atoms with Gasteiger partial charge in [-0.3, -0.25) is 9.88 Å². The highest BCUT2D eigenvalue weighted by Crippen LogP contribution is 2.42. The Morgan fingerprint density at radius 1 is 1.29 bits per heavy atom. The number of carbonyl (C=O) groups is 1. The van der Waals surface area contributed by atoms with Crippen LogP contribution in [0.15, 0.2) is 0 Å². The van der Waals surface area contributed by atoms with Crippen molar-refractivity contribution in [1.82, 2.24) is 5.09 Å². The zero-order chi connectivity index (χ0) is 13.9. The van der Waals surface area contributed by atoms with E-state index in [0.717, 1.165) is 0 Å². The van der Waals surface area contributed by atoms with Crippen LogP contribution in [0.3, 0.4) is 0 Å². The third-order valence-electron chi connectivity index (χ3n) is 1.95. The molecule has 0 saturated carbocycles. The Morgan fingerprint density at radius 3 is 2.12 bits per heavy atom. The molecule has 0 rings (SSSR count). The van der Waals surface area contributed by atoms with Crippen LogP contribution >= 0.6 is 7.29 Å². The van der Waals surface area contributed by atoms with E-state index in [2.05, 4.69) is 5.09 Å². The third-order valence-corrected chi connectivity index (χ3v) is 4.43. The van der Waals surface area contributed by atoms with Crippen molar-refractivity contribution in [2.24, 2.45) is 5.41 Å². The molecule has 5 heteroatoms. The summed E-state index contributed by atoms with van der Waals surface area (Å²) in [7, 11) is -2.52. The molecular formula is C12H26NO3P. The number of carbonyl (C=O) groups excluding carboxylic acids is 1. The van der Waals surface area contributed by atoms with E-state index >= 15 is 0 Å². The molecular weight excluding hydrogens is 237 g/mol. The molecule has 2 atom stereocenters. The molecule has 0 aromatic heterocycles. The topological polar surface area (TPSA) is 55.4 Å². The van der Waals surface area contributed by atoms with Gasteiger partial charge in [-0.05, 0) is 26.2 Å². The van der Waals surface area contributed by atoms with Crippen molar-refractivity contribution >= 4 is 13.3 Å². The highest BCUT2D eigenvalue weighted by Gasteiger charge is 2.28. The minimum atomic E-state index is -2.52. The maximum absolute atomic E-state index is 12.3. The van der Waals surface area contributed by atoms with Gasteiger partial charge in [-0.1, -0.05) is 20.8 Å². The van der Waals surface area contributed by atoms with Crippen molar-refractivity contribution < 1.29 is 14.1 Å². The zero-order valence-electron chi connectivity index (χ0n) is 12.0. The van der Waals surface area contributed by atoms with E-state index < -0.39 is 13.3 Å². The van der Waals surface area contributed by atoms with Gasteiger partial charge in [-0.2, -0.15) is 0 Å². The smallest absolute Gasteiger partial charge is 0.323 e. The predicted octanol–water partition coefficient (Wildman–Crippen LogP) is 2.87. The quantitative estimate of drug-likeness (QED) is 0.612. The Bertz CT molecular complexity index is 307. The first kappa shape index (κ1) is 16.7. The lowest BCUT2D eigenvalue weighted by Gasteiger charge is -2.26. The Labute approximate surface area is 105 Å². The Morgan fingerprint density at radius 2 is 1.76 bits per heavy atom. The Balaban J connectivity index is 4.41. The molecule has 4 nitrogen and oxygen atoms in total. The van der Waals surface area contributed by atoms with Crippen LogP contribution in [0.5, 0.6) is 0 Å². The molecule has 0 fully saturated rings. The lowest BCUT2D eigenvalue weighted by molar-refractivity contribution is -0.148. The lowest BCUT2D eigenvalue weighted by atomic mass is 10.0. The Hall–Kier alpha value is -0.340. The monoisotopic (exact) mass is 263 g/mol. The minimum Gasteiger partial charge on any atom is -0.462 e. The maximum Gasteiger partial charge on any atom is 0.323 e. The number of nitrogens with one attached hydrogen (secondary N) is 1. The van der Waals surface area contributed by atoms with E-state index in [1.807, 2.05) is 20.8 Å². The largest absolute Gasteiger partial charge is 0.462 e. The molecule has 0 spiro atoms. The average Bonchev–Trinajstić information content (AvgIpc) is 1.95. The van der Waals surface area contributed by atoms with Crippen LogP contribution in [0.25, 0.3) is 0 Å². The highest BCUT2D eigenvalue weighted by molar-refractivity contribution is 7.61. The number of hydrogen-bond acceptors (Lipinski definition) is 3. The van der Waals surface area contributed by atoms with E-state index in [4.69, 9.17) is 4.74 Å². The molecule has 0 heterocycles. The molecule has 0 aromatic carbocycles. The second kappa shape index (κ2) is 6.01. The van der Waals surface area contributed by atoms with Crippen LogP contribution in [-0.4, -0.2) is 30.9 Å². The van der Waals surface area contributed by atoms with Crippen molar-refractivity contribution in [3.05, 3.63) is 0 Å². The van der Waals surface area contributed by atoms with E-state index in [1.165, 1.54) is 0 Å². The summed E-state index contributed by atoms with van der Waals surface area (Å²) < 4.78 is 17.4. The van der Waals surface area contributed by atoms with E-state index in [1.54, 1.807) is 27.4 Å². The van der Waals surface area contributed by atoms with Crippen LogP contribution < -0.4 is 5.09 Å². The van der Waals surface area contributed by atoms with Gasteiger partial charge in [-0.15, -0.1) is 0 Å². The van der Waals surface area contributed by atoms with Gasteiger partial charge in [0.25, 0.3) is 0 Å². The normalized spacial score (nSPS) is 17.6. The van der Waals surface area contributed by atoms with Crippen LogP contribution in [0, 0.1) is 5.41 Å². The molecule has 17 heavy (non-hydrogen) atoms. The second-order valence-electron chi connectivity index (χ2n) is 6.16. The summed E-state index contributed by atoms with van der Waals surface area (Å²) in [6.07, 6.45) is 0.407. The Kier molecular flexibility index (Phi) is 5.89. The average molecular weight is 263 g/mol. The molecule has 0 saturated heterocycles. The highest BCUT2D eigenvalue weighted by atomic mass is 31.2. The fraction of sp³-hybridized carbons (Fsp3) is 0.917. The molecule has 102 valence electrons. The van der Waals surface area contributed by atoms with E-state index in [9.17, 15) is 9.36 Å². The summed E-state index contributed by atoms with van der Waals surface area (Å²) in [5, 5.41) is 2.90. The van der Waals surface area contributed by atoms with Crippen molar-refractivity contribution in [2.45, 2.75) is 53.7 Å². The van der Waals surface area contributed by atoms with Gasteiger partial charge < -0.3 is 9.30 Å². The first-order valence-electron chi connectivity index (χ1n) is 5.98. The molecule has 0 aliphatic heterocycles. The van der Waals surface area contributed by atoms with E-state index in [-0.39, 0.29) is 17.5 Å². The molecule has 0 radical (unpaired) electrons.